The van der Waals surface area contributed by atoms with Crippen LogP contribution in [0.15, 0.2) is 42.5 Å². The number of hydrogen-bond donors (Lipinski definition) is 1. The van der Waals surface area contributed by atoms with Gasteiger partial charge < -0.3 is 5.11 Å². The predicted molar refractivity (Wildman–Crippen MR) is 86.5 cm³/mol. The molecule has 0 saturated heterocycles. The lowest BCUT2D eigenvalue weighted by Crippen LogP contribution is -2.01. The van der Waals surface area contributed by atoms with E-state index < -0.39 is 6.10 Å². The molecule has 20 heavy (non-hydrogen) atoms. The lowest BCUT2D eigenvalue weighted by molar-refractivity contribution is 0.225. The number of thiophene rings is 1. The normalized spacial score (nSPS) is 12.8. The predicted octanol–water partition coefficient (Wildman–Crippen LogP) is 4.91. The Hall–Kier alpha value is -1.64. The van der Waals surface area contributed by atoms with Crippen molar-refractivity contribution in [2.45, 2.75) is 26.9 Å². The maximum atomic E-state index is 10.8. The van der Waals surface area contributed by atoms with Crippen LogP contribution >= 0.6 is 11.3 Å². The Morgan fingerprint density at radius 2 is 1.70 bits per heavy atom. The first-order valence-corrected chi connectivity index (χ1v) is 7.63. The van der Waals surface area contributed by atoms with Crippen molar-refractivity contribution in [1.29, 1.82) is 0 Å². The number of aryl methyl sites for hydroxylation is 3. The summed E-state index contributed by atoms with van der Waals surface area (Å²) in [7, 11) is 0. The van der Waals surface area contributed by atoms with Gasteiger partial charge in [0.1, 0.15) is 6.10 Å². The zero-order valence-corrected chi connectivity index (χ0v) is 12.8. The Bertz CT molecular complexity index is 751. The smallest absolute Gasteiger partial charge is 0.114 e. The Balaban J connectivity index is 2.20. The molecule has 0 spiro atoms. The lowest BCUT2D eigenvalue weighted by Gasteiger charge is -2.15. The van der Waals surface area contributed by atoms with Crippen molar-refractivity contribution in [3.8, 4) is 0 Å². The summed E-state index contributed by atoms with van der Waals surface area (Å²) in [4.78, 5) is 2.30. The molecule has 102 valence electrons. The minimum atomic E-state index is -0.543. The van der Waals surface area contributed by atoms with Crippen LogP contribution in [-0.2, 0) is 0 Å². The van der Waals surface area contributed by atoms with Crippen LogP contribution in [0.25, 0.3) is 10.8 Å². The van der Waals surface area contributed by atoms with Crippen molar-refractivity contribution in [3.05, 3.63) is 68.9 Å². The summed E-state index contributed by atoms with van der Waals surface area (Å²) in [6.07, 6.45) is -0.543. The second-order valence-electron chi connectivity index (χ2n) is 5.31. The van der Waals surface area contributed by atoms with Gasteiger partial charge in [0.15, 0.2) is 0 Å². The van der Waals surface area contributed by atoms with E-state index in [2.05, 4.69) is 51.1 Å². The molecule has 3 aromatic rings. The van der Waals surface area contributed by atoms with Gasteiger partial charge in [-0.3, -0.25) is 0 Å². The van der Waals surface area contributed by atoms with Crippen LogP contribution in [0.4, 0.5) is 0 Å². The van der Waals surface area contributed by atoms with Gasteiger partial charge in [-0.2, -0.15) is 0 Å². The quantitative estimate of drug-likeness (QED) is 0.708. The van der Waals surface area contributed by atoms with Gasteiger partial charge in [-0.25, -0.2) is 0 Å². The molecule has 0 aliphatic heterocycles. The molecule has 0 bridgehead atoms. The van der Waals surface area contributed by atoms with Gasteiger partial charge in [-0.05, 0) is 54.3 Å². The van der Waals surface area contributed by atoms with Crippen LogP contribution in [0.2, 0.25) is 0 Å². The van der Waals surface area contributed by atoms with E-state index in [1.165, 1.54) is 15.8 Å². The first kappa shape index (κ1) is 13.3. The van der Waals surface area contributed by atoms with E-state index in [-0.39, 0.29) is 0 Å². The number of aliphatic hydroxyl groups excluding tert-OH is 1. The van der Waals surface area contributed by atoms with Crippen molar-refractivity contribution >= 4 is 22.1 Å². The van der Waals surface area contributed by atoms with Crippen LogP contribution in [0.5, 0.6) is 0 Å². The third kappa shape index (κ3) is 2.15. The first-order chi connectivity index (χ1) is 9.58. The van der Waals surface area contributed by atoms with Crippen LogP contribution in [0.3, 0.4) is 0 Å². The highest BCUT2D eigenvalue weighted by molar-refractivity contribution is 7.12. The molecule has 1 atom stereocenters. The average molecular weight is 282 g/mol. The maximum Gasteiger partial charge on any atom is 0.114 e. The van der Waals surface area contributed by atoms with Gasteiger partial charge >= 0.3 is 0 Å². The zero-order chi connectivity index (χ0) is 14.3. The maximum absolute atomic E-state index is 10.8. The molecular formula is C18H18OS. The van der Waals surface area contributed by atoms with Crippen molar-refractivity contribution in [2.75, 3.05) is 0 Å². The van der Waals surface area contributed by atoms with E-state index >= 15 is 0 Å². The minimum absolute atomic E-state index is 0.543. The molecule has 1 heterocycles. The highest BCUT2D eigenvalue weighted by Crippen LogP contribution is 2.35. The fraction of sp³-hybridized carbons (Fsp3) is 0.222. The molecule has 0 saturated carbocycles. The topological polar surface area (TPSA) is 20.2 Å². The second-order valence-corrected chi connectivity index (χ2v) is 6.60. The third-order valence-electron chi connectivity index (χ3n) is 3.92. The highest BCUT2D eigenvalue weighted by Gasteiger charge is 2.18. The molecular weight excluding hydrogens is 264 g/mol. The second kappa shape index (κ2) is 5.04. The van der Waals surface area contributed by atoms with Crippen LogP contribution in [0, 0.1) is 20.8 Å². The summed E-state index contributed by atoms with van der Waals surface area (Å²) >= 11 is 1.68. The number of fused-ring (bicyclic) bond motifs is 1. The van der Waals surface area contributed by atoms with Crippen LogP contribution in [-0.4, -0.2) is 5.11 Å². The molecule has 2 aromatic carbocycles. The molecule has 1 nitrogen and oxygen atoms in total. The Morgan fingerprint density at radius 3 is 2.40 bits per heavy atom. The summed E-state index contributed by atoms with van der Waals surface area (Å²) in [6, 6.07) is 14.6. The summed E-state index contributed by atoms with van der Waals surface area (Å²) < 4.78 is 0. The monoisotopic (exact) mass is 282 g/mol. The van der Waals surface area contributed by atoms with Gasteiger partial charge in [0.2, 0.25) is 0 Å². The fourth-order valence-electron chi connectivity index (χ4n) is 2.65. The van der Waals surface area contributed by atoms with E-state index in [4.69, 9.17) is 0 Å². The number of hydrogen-bond acceptors (Lipinski definition) is 2. The van der Waals surface area contributed by atoms with Crippen LogP contribution < -0.4 is 0 Å². The number of rotatable bonds is 2. The first-order valence-electron chi connectivity index (χ1n) is 6.81. The number of aliphatic hydroxyl groups is 1. The largest absolute Gasteiger partial charge is 0.383 e. The summed E-state index contributed by atoms with van der Waals surface area (Å²) in [6.45, 7) is 6.27. The van der Waals surface area contributed by atoms with Crippen molar-refractivity contribution in [1.82, 2.24) is 0 Å². The number of benzene rings is 2. The molecule has 1 unspecified atom stereocenters. The molecule has 0 aliphatic carbocycles. The SMILES string of the molecule is Cc1cc(C(O)c2c(C)ccc3ccccc23)sc1C. The molecule has 0 radical (unpaired) electrons. The van der Waals surface area contributed by atoms with Crippen molar-refractivity contribution < 1.29 is 5.11 Å². The molecule has 1 aromatic heterocycles. The standard InChI is InChI=1S/C18H18OS/c1-11-8-9-14-6-4-5-7-15(14)17(11)18(19)16-10-12(2)13(3)20-16/h4-10,18-19H,1-3H3. The van der Waals surface area contributed by atoms with E-state index in [1.807, 2.05) is 12.1 Å². The Morgan fingerprint density at radius 1 is 0.950 bits per heavy atom. The molecule has 0 fully saturated rings. The fourth-order valence-corrected chi connectivity index (χ4v) is 3.68. The highest BCUT2D eigenvalue weighted by atomic mass is 32.1. The van der Waals surface area contributed by atoms with Gasteiger partial charge in [0.05, 0.1) is 0 Å². The van der Waals surface area contributed by atoms with E-state index in [9.17, 15) is 5.11 Å². The van der Waals surface area contributed by atoms with Crippen LogP contribution in [0.1, 0.15) is 32.5 Å². The summed E-state index contributed by atoms with van der Waals surface area (Å²) in [5.41, 5.74) is 3.42. The van der Waals surface area contributed by atoms with E-state index in [0.717, 1.165) is 21.4 Å². The van der Waals surface area contributed by atoms with Crippen molar-refractivity contribution in [2.24, 2.45) is 0 Å². The zero-order valence-electron chi connectivity index (χ0n) is 12.0. The Kier molecular flexibility index (Phi) is 3.36. The third-order valence-corrected chi connectivity index (χ3v) is 5.12. The average Bonchev–Trinajstić information content (AvgIpc) is 2.78. The molecule has 1 N–H and O–H groups in total. The van der Waals surface area contributed by atoms with Gasteiger partial charge in [0.25, 0.3) is 0 Å². The summed E-state index contributed by atoms with van der Waals surface area (Å²) in [5.74, 6) is 0. The molecule has 0 amide bonds. The molecule has 3 rings (SSSR count). The lowest BCUT2D eigenvalue weighted by atomic mass is 9.95. The summed E-state index contributed by atoms with van der Waals surface area (Å²) in [5, 5.41) is 13.1. The van der Waals surface area contributed by atoms with Crippen molar-refractivity contribution in [3.63, 3.8) is 0 Å². The van der Waals surface area contributed by atoms with Gasteiger partial charge in [-0.15, -0.1) is 11.3 Å². The Labute approximate surface area is 123 Å². The van der Waals surface area contributed by atoms with E-state index in [0.29, 0.717) is 0 Å². The minimum Gasteiger partial charge on any atom is -0.383 e. The molecule has 2 heteroatoms. The van der Waals surface area contributed by atoms with Gasteiger partial charge in [-0.1, -0.05) is 36.4 Å². The van der Waals surface area contributed by atoms with Gasteiger partial charge in [0, 0.05) is 9.75 Å². The van der Waals surface area contributed by atoms with E-state index in [1.54, 1.807) is 11.3 Å². The molecule has 0 aliphatic rings.